The third-order valence-corrected chi connectivity index (χ3v) is 5.10. The molecule has 2 aromatic rings. The first-order valence-corrected chi connectivity index (χ1v) is 9.46. The fraction of sp³-hybridized carbons (Fsp3) is 0.353. The number of furan rings is 1. The van der Waals surface area contributed by atoms with Crippen molar-refractivity contribution in [1.82, 2.24) is 4.31 Å². The zero-order valence-corrected chi connectivity index (χ0v) is 14.9. The van der Waals surface area contributed by atoms with Crippen LogP contribution in [0.2, 0.25) is 0 Å². The first-order valence-electron chi connectivity index (χ1n) is 7.61. The van der Waals surface area contributed by atoms with Crippen LogP contribution in [0.3, 0.4) is 0 Å². The molecule has 0 fully saturated rings. The van der Waals surface area contributed by atoms with E-state index in [0.717, 1.165) is 23.1 Å². The number of sulfonamides is 1. The van der Waals surface area contributed by atoms with Gasteiger partial charge in [-0.25, -0.2) is 8.42 Å². The van der Waals surface area contributed by atoms with E-state index in [9.17, 15) is 13.2 Å². The average molecular weight is 350 g/mol. The molecule has 0 aliphatic heterocycles. The van der Waals surface area contributed by atoms with Gasteiger partial charge in [0.1, 0.15) is 5.76 Å². The van der Waals surface area contributed by atoms with Gasteiger partial charge in [-0.2, -0.15) is 4.31 Å². The molecular formula is C17H22N2O4S. The highest BCUT2D eigenvalue weighted by atomic mass is 32.2. The lowest BCUT2D eigenvalue weighted by molar-refractivity contribution is -0.116. The van der Waals surface area contributed by atoms with Gasteiger partial charge in [-0.15, -0.1) is 0 Å². The van der Waals surface area contributed by atoms with Gasteiger partial charge < -0.3 is 9.73 Å². The van der Waals surface area contributed by atoms with Crippen LogP contribution in [0.5, 0.6) is 0 Å². The Labute approximate surface area is 142 Å². The zero-order chi connectivity index (χ0) is 17.7. The van der Waals surface area contributed by atoms with Gasteiger partial charge in [-0.1, -0.05) is 12.1 Å². The third-order valence-electron chi connectivity index (χ3n) is 3.85. The molecule has 24 heavy (non-hydrogen) atoms. The van der Waals surface area contributed by atoms with Crippen molar-refractivity contribution in [3.05, 3.63) is 53.5 Å². The predicted molar refractivity (Wildman–Crippen MR) is 93.1 cm³/mol. The first kappa shape index (κ1) is 18.2. The molecule has 7 heteroatoms. The Morgan fingerprint density at radius 1 is 1.21 bits per heavy atom. The zero-order valence-electron chi connectivity index (χ0n) is 14.1. The highest BCUT2D eigenvalue weighted by Crippen LogP contribution is 2.18. The summed E-state index contributed by atoms with van der Waals surface area (Å²) in [7, 11) is -3.43. The summed E-state index contributed by atoms with van der Waals surface area (Å²) in [4.78, 5) is 12.2. The molecule has 1 aromatic heterocycles. The first-order chi connectivity index (χ1) is 11.3. The molecule has 0 saturated heterocycles. The summed E-state index contributed by atoms with van der Waals surface area (Å²) < 4.78 is 30.2. The summed E-state index contributed by atoms with van der Waals surface area (Å²) in [5.74, 6) is 0.312. The normalized spacial score (nSPS) is 11.7. The lowest BCUT2D eigenvalue weighted by Crippen LogP contribution is -2.32. The van der Waals surface area contributed by atoms with Crippen LogP contribution in [0.1, 0.15) is 23.3 Å². The van der Waals surface area contributed by atoms with E-state index in [-0.39, 0.29) is 25.4 Å². The van der Waals surface area contributed by atoms with Crippen LogP contribution in [0.4, 0.5) is 5.69 Å². The minimum Gasteiger partial charge on any atom is -0.468 e. The summed E-state index contributed by atoms with van der Waals surface area (Å²) in [5.41, 5.74) is 2.83. The van der Waals surface area contributed by atoms with E-state index in [1.807, 2.05) is 32.0 Å². The highest BCUT2D eigenvalue weighted by molar-refractivity contribution is 7.88. The van der Waals surface area contributed by atoms with Crippen molar-refractivity contribution >= 4 is 21.6 Å². The van der Waals surface area contributed by atoms with Gasteiger partial charge in [0.05, 0.1) is 19.1 Å². The second kappa shape index (κ2) is 7.63. The van der Waals surface area contributed by atoms with E-state index in [1.54, 1.807) is 12.1 Å². The summed E-state index contributed by atoms with van der Waals surface area (Å²) in [6.45, 7) is 4.11. The van der Waals surface area contributed by atoms with Crippen molar-refractivity contribution in [2.24, 2.45) is 0 Å². The van der Waals surface area contributed by atoms with Crippen molar-refractivity contribution in [1.29, 1.82) is 0 Å². The fourth-order valence-electron chi connectivity index (χ4n) is 2.26. The molecule has 0 atom stereocenters. The molecule has 0 saturated carbocycles. The van der Waals surface area contributed by atoms with Crippen molar-refractivity contribution in [2.75, 3.05) is 18.1 Å². The monoisotopic (exact) mass is 350 g/mol. The van der Waals surface area contributed by atoms with E-state index < -0.39 is 10.0 Å². The van der Waals surface area contributed by atoms with Crippen LogP contribution >= 0.6 is 0 Å². The molecule has 0 aliphatic carbocycles. The lowest BCUT2D eigenvalue weighted by Gasteiger charge is -2.18. The SMILES string of the molecule is Cc1cccc(NC(=O)CCN(Cc2ccco2)S(C)(=O)=O)c1C. The number of nitrogens with one attached hydrogen (secondary N) is 1. The number of hydrogen-bond acceptors (Lipinski definition) is 4. The summed E-state index contributed by atoms with van der Waals surface area (Å²) in [5, 5.41) is 2.83. The van der Waals surface area contributed by atoms with Crippen LogP contribution in [-0.4, -0.2) is 31.4 Å². The standard InChI is InChI=1S/C17H22N2O4S/c1-13-6-4-8-16(14(13)2)18-17(20)9-10-19(24(3,21)22)12-15-7-5-11-23-15/h4-8,11H,9-10,12H2,1-3H3,(H,18,20). The number of rotatable bonds is 7. The van der Waals surface area contributed by atoms with Crippen molar-refractivity contribution in [3.8, 4) is 0 Å². The topological polar surface area (TPSA) is 79.6 Å². The molecule has 6 nitrogen and oxygen atoms in total. The van der Waals surface area contributed by atoms with E-state index in [0.29, 0.717) is 5.76 Å². The van der Waals surface area contributed by atoms with E-state index in [2.05, 4.69) is 5.32 Å². The Morgan fingerprint density at radius 3 is 2.58 bits per heavy atom. The Bertz CT molecular complexity index is 798. The van der Waals surface area contributed by atoms with Gasteiger partial charge in [0, 0.05) is 18.7 Å². The minimum absolute atomic E-state index is 0.0706. The average Bonchev–Trinajstić information content (AvgIpc) is 3.00. The van der Waals surface area contributed by atoms with E-state index in [4.69, 9.17) is 4.42 Å². The maximum atomic E-state index is 12.2. The smallest absolute Gasteiger partial charge is 0.225 e. The number of aryl methyl sites for hydroxylation is 1. The number of amides is 1. The molecule has 1 heterocycles. The van der Waals surface area contributed by atoms with Gasteiger partial charge in [0.2, 0.25) is 15.9 Å². The number of anilines is 1. The lowest BCUT2D eigenvalue weighted by atomic mass is 10.1. The number of benzene rings is 1. The summed E-state index contributed by atoms with van der Waals surface area (Å²) in [6, 6.07) is 9.08. The Hall–Kier alpha value is -2.12. The molecule has 0 aliphatic rings. The van der Waals surface area contributed by atoms with Crippen LogP contribution in [0.15, 0.2) is 41.0 Å². The van der Waals surface area contributed by atoms with Crippen LogP contribution in [0, 0.1) is 13.8 Å². The Kier molecular flexibility index (Phi) is 5.80. The van der Waals surface area contributed by atoms with Gasteiger partial charge in [0.25, 0.3) is 0 Å². The maximum Gasteiger partial charge on any atom is 0.225 e. The van der Waals surface area contributed by atoms with Crippen LogP contribution in [0.25, 0.3) is 0 Å². The molecule has 1 N–H and O–H groups in total. The van der Waals surface area contributed by atoms with Crippen molar-refractivity contribution in [3.63, 3.8) is 0 Å². The predicted octanol–water partition coefficient (Wildman–Crippen LogP) is 2.69. The Balaban J connectivity index is 1.98. The molecule has 130 valence electrons. The van der Waals surface area contributed by atoms with Crippen molar-refractivity contribution in [2.45, 2.75) is 26.8 Å². The summed E-state index contributed by atoms with van der Waals surface area (Å²) in [6.07, 6.45) is 2.68. The van der Waals surface area contributed by atoms with Crippen LogP contribution in [-0.2, 0) is 21.4 Å². The number of carbonyl (C=O) groups is 1. The molecule has 0 bridgehead atoms. The number of hydrogen-bond donors (Lipinski definition) is 1. The van der Waals surface area contributed by atoms with E-state index in [1.165, 1.54) is 10.6 Å². The molecule has 1 amide bonds. The molecular weight excluding hydrogens is 328 g/mol. The number of nitrogens with zero attached hydrogens (tertiary/aromatic N) is 1. The Morgan fingerprint density at radius 2 is 1.96 bits per heavy atom. The molecule has 0 radical (unpaired) electrons. The van der Waals surface area contributed by atoms with Crippen molar-refractivity contribution < 1.29 is 17.6 Å². The number of carbonyl (C=O) groups excluding carboxylic acids is 1. The fourth-order valence-corrected chi connectivity index (χ4v) is 3.05. The maximum absolute atomic E-state index is 12.2. The van der Waals surface area contributed by atoms with E-state index >= 15 is 0 Å². The minimum atomic E-state index is -3.43. The molecule has 1 aromatic carbocycles. The quantitative estimate of drug-likeness (QED) is 0.832. The molecule has 2 rings (SSSR count). The van der Waals surface area contributed by atoms with Crippen LogP contribution < -0.4 is 5.32 Å². The third kappa shape index (κ3) is 4.94. The molecule has 0 unspecified atom stereocenters. The largest absolute Gasteiger partial charge is 0.468 e. The van der Waals surface area contributed by atoms with Gasteiger partial charge in [-0.3, -0.25) is 4.79 Å². The van der Waals surface area contributed by atoms with Gasteiger partial charge >= 0.3 is 0 Å². The summed E-state index contributed by atoms with van der Waals surface area (Å²) >= 11 is 0. The second-order valence-corrected chi connectivity index (χ2v) is 7.70. The van der Waals surface area contributed by atoms with Gasteiger partial charge in [0.15, 0.2) is 0 Å². The highest BCUT2D eigenvalue weighted by Gasteiger charge is 2.19. The second-order valence-electron chi connectivity index (χ2n) is 5.72. The van der Waals surface area contributed by atoms with Gasteiger partial charge in [-0.05, 0) is 43.2 Å². The molecule has 0 spiro atoms.